The SMILES string of the molecule is COCCNc1ccc(N(C)c2cncc(-c3ccccn3)n2)nc1.Cl.Cl.Cl. The molecule has 0 aliphatic carbocycles. The Bertz CT molecular complexity index is 808. The number of methoxy groups -OCH3 is 1. The second kappa shape index (κ2) is 13.1. The van der Waals surface area contributed by atoms with Crippen molar-refractivity contribution in [2.24, 2.45) is 0 Å². The van der Waals surface area contributed by atoms with Crippen LogP contribution in [0.4, 0.5) is 17.3 Å². The molecule has 0 bridgehead atoms. The Labute approximate surface area is 183 Å². The summed E-state index contributed by atoms with van der Waals surface area (Å²) in [5, 5.41) is 3.24. The van der Waals surface area contributed by atoms with Crippen LogP contribution in [0.25, 0.3) is 11.4 Å². The molecule has 0 aromatic carbocycles. The number of hydrogen-bond donors (Lipinski definition) is 1. The Morgan fingerprint density at radius 2 is 1.75 bits per heavy atom. The van der Waals surface area contributed by atoms with E-state index in [0.29, 0.717) is 12.4 Å². The van der Waals surface area contributed by atoms with Gasteiger partial charge >= 0.3 is 0 Å². The van der Waals surface area contributed by atoms with Gasteiger partial charge in [-0.2, -0.15) is 0 Å². The van der Waals surface area contributed by atoms with Crippen molar-refractivity contribution in [2.75, 3.05) is 37.5 Å². The van der Waals surface area contributed by atoms with E-state index in [4.69, 9.17) is 4.74 Å². The van der Waals surface area contributed by atoms with E-state index >= 15 is 0 Å². The normalized spacial score (nSPS) is 9.36. The van der Waals surface area contributed by atoms with E-state index in [0.717, 1.165) is 29.4 Å². The highest BCUT2D eigenvalue weighted by atomic mass is 35.5. The molecule has 10 heteroatoms. The summed E-state index contributed by atoms with van der Waals surface area (Å²) in [7, 11) is 3.59. The van der Waals surface area contributed by atoms with Crippen molar-refractivity contribution in [3.63, 3.8) is 0 Å². The van der Waals surface area contributed by atoms with Gasteiger partial charge in [0.1, 0.15) is 11.5 Å². The minimum Gasteiger partial charge on any atom is -0.383 e. The third kappa shape index (κ3) is 6.76. The van der Waals surface area contributed by atoms with Crippen LogP contribution in [-0.2, 0) is 4.74 Å². The van der Waals surface area contributed by atoms with Gasteiger partial charge in [0.05, 0.1) is 36.6 Å². The second-order valence-electron chi connectivity index (χ2n) is 5.36. The first-order valence-electron chi connectivity index (χ1n) is 7.94. The van der Waals surface area contributed by atoms with Crippen molar-refractivity contribution in [1.82, 2.24) is 19.9 Å². The first-order valence-corrected chi connectivity index (χ1v) is 7.94. The zero-order chi connectivity index (χ0) is 17.5. The monoisotopic (exact) mass is 444 g/mol. The van der Waals surface area contributed by atoms with Gasteiger partial charge in [-0.3, -0.25) is 9.97 Å². The lowest BCUT2D eigenvalue weighted by Crippen LogP contribution is -2.14. The molecule has 3 aromatic heterocycles. The van der Waals surface area contributed by atoms with Crippen molar-refractivity contribution in [3.8, 4) is 11.4 Å². The summed E-state index contributed by atoms with van der Waals surface area (Å²) in [6.45, 7) is 1.39. The van der Waals surface area contributed by atoms with E-state index < -0.39 is 0 Å². The molecule has 3 rings (SSSR count). The molecular weight excluding hydrogens is 423 g/mol. The molecule has 0 fully saturated rings. The Kier molecular flexibility index (Phi) is 12.0. The smallest absolute Gasteiger partial charge is 0.153 e. The summed E-state index contributed by atoms with van der Waals surface area (Å²) in [6, 6.07) is 9.62. The molecule has 0 amide bonds. The third-order valence-corrected chi connectivity index (χ3v) is 3.62. The minimum absolute atomic E-state index is 0. The fourth-order valence-electron chi connectivity index (χ4n) is 2.26. The highest BCUT2D eigenvalue weighted by Crippen LogP contribution is 2.22. The van der Waals surface area contributed by atoms with E-state index in [-0.39, 0.29) is 37.2 Å². The number of nitrogens with one attached hydrogen (secondary N) is 1. The first-order chi connectivity index (χ1) is 12.3. The summed E-state index contributed by atoms with van der Waals surface area (Å²) in [6.07, 6.45) is 6.94. The quantitative estimate of drug-likeness (QED) is 0.550. The molecular formula is C18H23Cl3N6O. The molecule has 0 spiro atoms. The number of hydrogen-bond acceptors (Lipinski definition) is 7. The molecule has 3 heterocycles. The van der Waals surface area contributed by atoms with Crippen LogP contribution in [-0.4, -0.2) is 47.2 Å². The Morgan fingerprint density at radius 1 is 0.929 bits per heavy atom. The maximum atomic E-state index is 5.02. The molecule has 0 unspecified atom stereocenters. The number of halogens is 3. The zero-order valence-electron chi connectivity index (χ0n) is 15.5. The number of anilines is 3. The Hall–Kier alpha value is -2.19. The van der Waals surface area contributed by atoms with Crippen LogP contribution in [0.2, 0.25) is 0 Å². The first kappa shape index (κ1) is 25.8. The van der Waals surface area contributed by atoms with Gasteiger partial charge in [0, 0.05) is 26.9 Å². The number of ether oxygens (including phenoxy) is 1. The van der Waals surface area contributed by atoms with Crippen molar-refractivity contribution in [3.05, 3.63) is 55.1 Å². The maximum absolute atomic E-state index is 5.02. The molecule has 28 heavy (non-hydrogen) atoms. The Balaban J connectivity index is 0.00000243. The van der Waals surface area contributed by atoms with Crippen molar-refractivity contribution < 1.29 is 4.74 Å². The lowest BCUT2D eigenvalue weighted by Gasteiger charge is -2.17. The van der Waals surface area contributed by atoms with E-state index in [9.17, 15) is 0 Å². The zero-order valence-corrected chi connectivity index (χ0v) is 17.9. The van der Waals surface area contributed by atoms with E-state index in [1.165, 1.54) is 0 Å². The lowest BCUT2D eigenvalue weighted by atomic mass is 10.3. The van der Waals surface area contributed by atoms with Gasteiger partial charge in [-0.1, -0.05) is 6.07 Å². The second-order valence-corrected chi connectivity index (χ2v) is 5.36. The average molecular weight is 446 g/mol. The fraction of sp³-hybridized carbons (Fsp3) is 0.222. The van der Waals surface area contributed by atoms with Crippen molar-refractivity contribution in [1.29, 1.82) is 0 Å². The minimum atomic E-state index is 0. The summed E-state index contributed by atoms with van der Waals surface area (Å²) in [5.41, 5.74) is 2.46. The fourth-order valence-corrected chi connectivity index (χ4v) is 2.26. The van der Waals surface area contributed by atoms with Gasteiger partial charge in [0.15, 0.2) is 5.82 Å². The molecule has 0 aliphatic heterocycles. The highest BCUT2D eigenvalue weighted by Gasteiger charge is 2.09. The molecule has 0 aliphatic rings. The van der Waals surface area contributed by atoms with E-state index in [2.05, 4.69) is 25.3 Å². The van der Waals surface area contributed by atoms with Crippen LogP contribution >= 0.6 is 37.2 Å². The molecule has 0 saturated carbocycles. The highest BCUT2D eigenvalue weighted by molar-refractivity contribution is 5.86. The van der Waals surface area contributed by atoms with Crippen molar-refractivity contribution >= 4 is 54.5 Å². The van der Waals surface area contributed by atoms with Crippen molar-refractivity contribution in [2.45, 2.75) is 0 Å². The predicted octanol–water partition coefficient (Wildman–Crippen LogP) is 4.03. The van der Waals surface area contributed by atoms with Crippen LogP contribution in [0.5, 0.6) is 0 Å². The van der Waals surface area contributed by atoms with Crippen LogP contribution in [0.3, 0.4) is 0 Å². The number of rotatable bonds is 7. The molecule has 0 radical (unpaired) electrons. The lowest BCUT2D eigenvalue weighted by molar-refractivity contribution is 0.211. The third-order valence-electron chi connectivity index (χ3n) is 3.62. The standard InChI is InChI=1S/C18H20N6O.3ClH/c1-24(17-7-6-14(11-22-17)20-9-10-25-2)18-13-19-12-16(23-18)15-5-3-4-8-21-15;;;/h3-8,11-13,20H,9-10H2,1-2H3;3*1H. The van der Waals surface area contributed by atoms with E-state index in [1.54, 1.807) is 31.9 Å². The average Bonchev–Trinajstić information content (AvgIpc) is 2.69. The van der Waals surface area contributed by atoms with E-state index in [1.807, 2.05) is 42.3 Å². The summed E-state index contributed by atoms with van der Waals surface area (Å²) in [4.78, 5) is 19.6. The summed E-state index contributed by atoms with van der Waals surface area (Å²) in [5.74, 6) is 1.49. The molecule has 7 nitrogen and oxygen atoms in total. The number of nitrogens with zero attached hydrogens (tertiary/aromatic N) is 5. The summed E-state index contributed by atoms with van der Waals surface area (Å²) >= 11 is 0. The number of pyridine rings is 2. The summed E-state index contributed by atoms with van der Waals surface area (Å²) < 4.78 is 5.02. The maximum Gasteiger partial charge on any atom is 0.153 e. The van der Waals surface area contributed by atoms with Crippen LogP contribution < -0.4 is 10.2 Å². The molecule has 1 N–H and O–H groups in total. The van der Waals surface area contributed by atoms with Crippen LogP contribution in [0, 0.1) is 0 Å². The molecule has 0 atom stereocenters. The van der Waals surface area contributed by atoms with Gasteiger partial charge in [0.2, 0.25) is 0 Å². The number of aromatic nitrogens is 4. The predicted molar refractivity (Wildman–Crippen MR) is 120 cm³/mol. The van der Waals surface area contributed by atoms with Crippen LogP contribution in [0.1, 0.15) is 0 Å². The topological polar surface area (TPSA) is 76.1 Å². The van der Waals surface area contributed by atoms with Gasteiger partial charge in [-0.05, 0) is 24.3 Å². The van der Waals surface area contributed by atoms with Gasteiger partial charge in [0.25, 0.3) is 0 Å². The molecule has 0 saturated heterocycles. The largest absolute Gasteiger partial charge is 0.383 e. The van der Waals surface area contributed by atoms with Crippen LogP contribution in [0.15, 0.2) is 55.1 Å². The molecule has 152 valence electrons. The molecule has 3 aromatic rings. The van der Waals surface area contributed by atoms with Gasteiger partial charge < -0.3 is 15.0 Å². The Morgan fingerprint density at radius 3 is 2.39 bits per heavy atom. The van der Waals surface area contributed by atoms with Gasteiger partial charge in [-0.15, -0.1) is 37.2 Å². The van der Waals surface area contributed by atoms with Gasteiger partial charge in [-0.25, -0.2) is 9.97 Å².